The summed E-state index contributed by atoms with van der Waals surface area (Å²) in [5, 5.41) is 3.03. The number of rotatable bonds is 6. The second-order valence-electron chi connectivity index (χ2n) is 9.38. The Labute approximate surface area is 191 Å². The number of carbonyl (C=O) groups is 2. The van der Waals surface area contributed by atoms with Gasteiger partial charge in [-0.3, -0.25) is 9.59 Å². The van der Waals surface area contributed by atoms with E-state index in [4.69, 9.17) is 4.74 Å². The molecule has 0 unspecified atom stereocenters. The molecule has 7 nitrogen and oxygen atoms in total. The smallest absolute Gasteiger partial charge is 0.309 e. The van der Waals surface area contributed by atoms with Gasteiger partial charge in [-0.2, -0.15) is 4.31 Å². The maximum atomic E-state index is 13.0. The van der Waals surface area contributed by atoms with Crippen molar-refractivity contribution in [3.63, 3.8) is 0 Å². The van der Waals surface area contributed by atoms with Crippen molar-refractivity contribution in [2.75, 3.05) is 13.1 Å². The van der Waals surface area contributed by atoms with Gasteiger partial charge in [0, 0.05) is 19.1 Å². The summed E-state index contributed by atoms with van der Waals surface area (Å²) >= 11 is 0. The van der Waals surface area contributed by atoms with E-state index in [2.05, 4.69) is 12.2 Å². The minimum absolute atomic E-state index is 0.135. The van der Waals surface area contributed by atoms with E-state index in [1.54, 1.807) is 19.1 Å². The molecule has 1 aromatic carbocycles. The molecule has 1 aliphatic carbocycles. The molecule has 1 saturated carbocycles. The van der Waals surface area contributed by atoms with Crippen LogP contribution >= 0.6 is 0 Å². The average molecular weight is 465 g/mol. The number of piperidine rings is 1. The van der Waals surface area contributed by atoms with Crippen molar-refractivity contribution in [2.45, 2.75) is 83.3 Å². The molecule has 2 aliphatic rings. The largest absolute Gasteiger partial charge is 0.452 e. The van der Waals surface area contributed by atoms with Crippen LogP contribution in [0.1, 0.15) is 63.5 Å². The monoisotopic (exact) mass is 464 g/mol. The first-order chi connectivity index (χ1) is 15.1. The Morgan fingerprint density at radius 2 is 1.72 bits per heavy atom. The van der Waals surface area contributed by atoms with Crippen molar-refractivity contribution in [1.82, 2.24) is 9.62 Å². The van der Waals surface area contributed by atoms with E-state index in [9.17, 15) is 18.0 Å². The number of hydrogen-bond donors (Lipinski definition) is 1. The Morgan fingerprint density at radius 1 is 1.06 bits per heavy atom. The summed E-state index contributed by atoms with van der Waals surface area (Å²) in [6.45, 7) is 8.09. The third-order valence-corrected chi connectivity index (χ3v) is 8.90. The lowest BCUT2D eigenvalue weighted by Crippen LogP contribution is -2.47. The molecule has 0 radical (unpaired) electrons. The van der Waals surface area contributed by atoms with Gasteiger partial charge in [0.2, 0.25) is 10.0 Å². The lowest BCUT2D eigenvalue weighted by atomic mass is 9.86. The quantitative estimate of drug-likeness (QED) is 0.652. The summed E-state index contributed by atoms with van der Waals surface area (Å²) in [7, 11) is -3.59. The second kappa shape index (κ2) is 10.3. The van der Waals surface area contributed by atoms with Crippen LogP contribution in [0.4, 0.5) is 0 Å². The second-order valence-corrected chi connectivity index (χ2v) is 11.3. The van der Waals surface area contributed by atoms with Crippen LogP contribution in [0.3, 0.4) is 0 Å². The molecule has 1 amide bonds. The Hall–Kier alpha value is -1.93. The third kappa shape index (κ3) is 5.70. The lowest BCUT2D eigenvalue weighted by Gasteiger charge is -2.32. The van der Waals surface area contributed by atoms with Gasteiger partial charge in [0.1, 0.15) is 0 Å². The van der Waals surface area contributed by atoms with Crippen LogP contribution in [-0.2, 0) is 24.3 Å². The van der Waals surface area contributed by atoms with Crippen molar-refractivity contribution in [3.05, 3.63) is 29.3 Å². The molecular formula is C24H36N2O5S. The first kappa shape index (κ1) is 24.7. The highest BCUT2D eigenvalue weighted by Crippen LogP contribution is 2.27. The Morgan fingerprint density at radius 3 is 2.34 bits per heavy atom. The van der Waals surface area contributed by atoms with Crippen molar-refractivity contribution >= 4 is 21.9 Å². The first-order valence-corrected chi connectivity index (χ1v) is 13.1. The zero-order valence-electron chi connectivity index (χ0n) is 19.6. The Kier molecular flexibility index (Phi) is 7.98. The molecule has 1 heterocycles. The van der Waals surface area contributed by atoms with Gasteiger partial charge in [0.05, 0.1) is 10.8 Å². The molecule has 178 valence electrons. The lowest BCUT2D eigenvalue weighted by molar-refractivity contribution is -0.160. The van der Waals surface area contributed by atoms with E-state index in [-0.39, 0.29) is 29.9 Å². The van der Waals surface area contributed by atoms with Gasteiger partial charge >= 0.3 is 5.97 Å². The van der Waals surface area contributed by atoms with E-state index < -0.39 is 28.0 Å². The standard InChI is InChI=1S/C24H36N2O5S/c1-16-9-10-21(15-18(16)3)32(29,30)26-13-11-20(12-14-26)24(28)31-19(4)23(27)25-22-8-6-5-7-17(22)2/h9-10,15,17,19-20,22H,5-8,11-14H2,1-4H3,(H,25,27)/t17-,19-,22+/m1/s1. The zero-order chi connectivity index (χ0) is 23.5. The molecule has 1 saturated heterocycles. The van der Waals surface area contributed by atoms with E-state index in [0.717, 1.165) is 30.4 Å². The summed E-state index contributed by atoms with van der Waals surface area (Å²) in [6, 6.07) is 5.27. The summed E-state index contributed by atoms with van der Waals surface area (Å²) in [4.78, 5) is 25.4. The number of ether oxygens (including phenoxy) is 1. The number of nitrogens with zero attached hydrogens (tertiary/aromatic N) is 1. The van der Waals surface area contributed by atoms with E-state index in [0.29, 0.717) is 18.8 Å². The zero-order valence-corrected chi connectivity index (χ0v) is 20.4. The molecular weight excluding hydrogens is 428 g/mol. The average Bonchev–Trinajstić information content (AvgIpc) is 2.77. The van der Waals surface area contributed by atoms with Crippen LogP contribution in [-0.4, -0.2) is 49.8 Å². The van der Waals surface area contributed by atoms with Gasteiger partial charge in [-0.1, -0.05) is 25.8 Å². The van der Waals surface area contributed by atoms with Crippen LogP contribution < -0.4 is 5.32 Å². The number of benzene rings is 1. The third-order valence-electron chi connectivity index (χ3n) is 7.00. The topological polar surface area (TPSA) is 92.8 Å². The highest BCUT2D eigenvalue weighted by atomic mass is 32.2. The highest BCUT2D eigenvalue weighted by Gasteiger charge is 2.34. The number of nitrogens with one attached hydrogen (secondary N) is 1. The minimum Gasteiger partial charge on any atom is -0.452 e. The SMILES string of the molecule is Cc1ccc(S(=O)(=O)N2CCC(C(=O)O[C@H](C)C(=O)N[C@H]3CCCC[C@H]3C)CC2)cc1C. The van der Waals surface area contributed by atoms with E-state index in [1.807, 2.05) is 19.9 Å². The van der Waals surface area contributed by atoms with Crippen molar-refractivity contribution < 1.29 is 22.7 Å². The molecule has 0 spiro atoms. The molecule has 1 aliphatic heterocycles. The molecule has 0 bridgehead atoms. The summed E-state index contributed by atoms with van der Waals surface area (Å²) in [5.41, 5.74) is 1.97. The molecule has 1 N–H and O–H groups in total. The van der Waals surface area contributed by atoms with Crippen LogP contribution in [0.5, 0.6) is 0 Å². The molecule has 0 aromatic heterocycles. The summed E-state index contributed by atoms with van der Waals surface area (Å²) in [5.74, 6) is -0.649. The van der Waals surface area contributed by atoms with Gasteiger partial charge in [-0.05, 0) is 75.6 Å². The minimum atomic E-state index is -3.59. The molecule has 1 aromatic rings. The van der Waals surface area contributed by atoms with Gasteiger partial charge < -0.3 is 10.1 Å². The van der Waals surface area contributed by atoms with Gasteiger partial charge in [0.25, 0.3) is 5.91 Å². The van der Waals surface area contributed by atoms with Gasteiger partial charge in [-0.25, -0.2) is 8.42 Å². The maximum absolute atomic E-state index is 13.0. The molecule has 3 atom stereocenters. The van der Waals surface area contributed by atoms with Crippen LogP contribution in [0.15, 0.2) is 23.1 Å². The maximum Gasteiger partial charge on any atom is 0.309 e. The normalized spacial score (nSPS) is 24.0. The van der Waals surface area contributed by atoms with Crippen LogP contribution in [0, 0.1) is 25.7 Å². The number of hydrogen-bond acceptors (Lipinski definition) is 5. The van der Waals surface area contributed by atoms with Crippen molar-refractivity contribution in [2.24, 2.45) is 11.8 Å². The molecule has 8 heteroatoms. The Balaban J connectivity index is 1.51. The van der Waals surface area contributed by atoms with E-state index in [1.165, 1.54) is 10.7 Å². The first-order valence-electron chi connectivity index (χ1n) is 11.7. The van der Waals surface area contributed by atoms with Crippen LogP contribution in [0.2, 0.25) is 0 Å². The summed E-state index contributed by atoms with van der Waals surface area (Å²) < 4.78 is 32.8. The van der Waals surface area contributed by atoms with Gasteiger partial charge in [-0.15, -0.1) is 0 Å². The molecule has 32 heavy (non-hydrogen) atoms. The number of carbonyl (C=O) groups excluding carboxylic acids is 2. The molecule has 2 fully saturated rings. The van der Waals surface area contributed by atoms with Crippen molar-refractivity contribution in [3.8, 4) is 0 Å². The summed E-state index contributed by atoms with van der Waals surface area (Å²) in [6.07, 6.45) is 4.27. The number of sulfonamides is 1. The van der Waals surface area contributed by atoms with Crippen LogP contribution in [0.25, 0.3) is 0 Å². The predicted octanol–water partition coefficient (Wildman–Crippen LogP) is 3.33. The fourth-order valence-electron chi connectivity index (χ4n) is 4.51. The number of aryl methyl sites for hydroxylation is 2. The fraction of sp³-hybridized carbons (Fsp3) is 0.667. The fourth-order valence-corrected chi connectivity index (χ4v) is 6.07. The van der Waals surface area contributed by atoms with E-state index >= 15 is 0 Å². The molecule has 3 rings (SSSR count). The highest BCUT2D eigenvalue weighted by molar-refractivity contribution is 7.89. The van der Waals surface area contributed by atoms with Crippen molar-refractivity contribution in [1.29, 1.82) is 0 Å². The number of esters is 1. The predicted molar refractivity (Wildman–Crippen MR) is 123 cm³/mol. The Bertz CT molecular complexity index is 938. The number of amides is 1. The van der Waals surface area contributed by atoms with Gasteiger partial charge in [0.15, 0.2) is 6.10 Å².